The van der Waals surface area contributed by atoms with Crippen LogP contribution < -0.4 is 0 Å². The van der Waals surface area contributed by atoms with Gasteiger partial charge in [-0.1, -0.05) is 24.3 Å². The van der Waals surface area contributed by atoms with Crippen LogP contribution in [0.15, 0.2) is 65.8 Å². The van der Waals surface area contributed by atoms with Gasteiger partial charge in [0.25, 0.3) is 0 Å². The molecule has 1 fully saturated rings. The normalized spacial score (nSPS) is 19.4. The third kappa shape index (κ3) is 5.55. The fraction of sp³-hybridized carbons (Fsp3) is 0.344. The maximum absolute atomic E-state index is 14.5. The number of aliphatic imine (C=N–C) groups is 1. The Morgan fingerprint density at radius 1 is 1.05 bits per heavy atom. The van der Waals surface area contributed by atoms with Crippen LogP contribution >= 0.6 is 0 Å². The molecule has 0 aliphatic carbocycles. The molecule has 9 heteroatoms. The van der Waals surface area contributed by atoms with E-state index in [1.54, 1.807) is 15.6 Å². The van der Waals surface area contributed by atoms with Gasteiger partial charge >= 0.3 is 0 Å². The molecular formula is C32H30F4N4O. The van der Waals surface area contributed by atoms with Crippen LogP contribution in [0.1, 0.15) is 52.4 Å². The van der Waals surface area contributed by atoms with Crippen LogP contribution in [0.2, 0.25) is 0 Å². The van der Waals surface area contributed by atoms with Crippen LogP contribution in [0.5, 0.6) is 0 Å². The molecule has 3 heterocycles. The summed E-state index contributed by atoms with van der Waals surface area (Å²) in [6.07, 6.45) is 2.17. The highest BCUT2D eigenvalue weighted by Crippen LogP contribution is 2.37. The summed E-state index contributed by atoms with van der Waals surface area (Å²) in [5.74, 6) is -5.95. The largest absolute Gasteiger partial charge is 0.298 e. The molecule has 0 bridgehead atoms. The summed E-state index contributed by atoms with van der Waals surface area (Å²) in [6, 6.07) is 15.1. The molecule has 0 amide bonds. The van der Waals surface area contributed by atoms with E-state index in [4.69, 9.17) is 4.99 Å². The summed E-state index contributed by atoms with van der Waals surface area (Å²) in [6.45, 7) is 1.56. The molecule has 2 atom stereocenters. The fourth-order valence-corrected chi connectivity index (χ4v) is 6.13. The Morgan fingerprint density at radius 3 is 2.59 bits per heavy atom. The molecule has 0 radical (unpaired) electrons. The average molecular weight is 563 g/mol. The van der Waals surface area contributed by atoms with Crippen molar-refractivity contribution >= 4 is 22.4 Å². The Labute approximate surface area is 235 Å². The Kier molecular flexibility index (Phi) is 7.01. The summed E-state index contributed by atoms with van der Waals surface area (Å²) in [5.41, 5.74) is 4.88. The van der Waals surface area contributed by atoms with Gasteiger partial charge in [-0.3, -0.25) is 19.4 Å². The predicted molar refractivity (Wildman–Crippen MR) is 149 cm³/mol. The van der Waals surface area contributed by atoms with Crippen molar-refractivity contribution in [1.29, 1.82) is 0 Å². The van der Waals surface area contributed by atoms with Crippen molar-refractivity contribution < 1.29 is 22.4 Å². The number of aryl methyl sites for hydroxylation is 1. The van der Waals surface area contributed by atoms with Crippen LogP contribution in [0.4, 0.5) is 17.6 Å². The first-order valence-corrected chi connectivity index (χ1v) is 13.7. The molecule has 212 valence electrons. The number of fused-ring (bicyclic) bond motifs is 2. The standard InChI is InChI=1S/C32H30F4N4O/c1-32(35,36)24-10-19(15-40(17-24)18-26-27(33)4-3-5-28(26)34)11-30(41)20-6-7-22-14-37-31(25(22)13-20)21-8-9-29-23(12-21)16-39(2)38-29/h3-9,12-13,16,19,24H,10-11,14-15,17-18H2,1-2H3/t19-,24-/m1/s1. The molecule has 2 aliphatic heterocycles. The van der Waals surface area contributed by atoms with Gasteiger partial charge in [0, 0.05) is 72.9 Å². The second kappa shape index (κ2) is 10.5. The number of halogens is 4. The van der Waals surface area contributed by atoms with Gasteiger partial charge in [-0.05, 0) is 55.2 Å². The van der Waals surface area contributed by atoms with Gasteiger partial charge in [0.1, 0.15) is 11.6 Å². The number of carbonyl (C=O) groups is 1. The minimum absolute atomic E-state index is 0.00190. The number of piperidine rings is 1. The maximum atomic E-state index is 14.5. The topological polar surface area (TPSA) is 50.5 Å². The van der Waals surface area contributed by atoms with Crippen molar-refractivity contribution in [3.8, 4) is 0 Å². The van der Waals surface area contributed by atoms with E-state index in [0.717, 1.165) is 52.4 Å². The number of likely N-dealkylation sites (tertiary alicyclic amines) is 1. The molecule has 6 rings (SSSR count). The van der Waals surface area contributed by atoms with Crippen LogP contribution in [0.25, 0.3) is 10.9 Å². The number of benzene rings is 3. The van der Waals surface area contributed by atoms with E-state index >= 15 is 0 Å². The summed E-state index contributed by atoms with van der Waals surface area (Å²) in [7, 11) is 1.87. The second-order valence-electron chi connectivity index (χ2n) is 11.4. The number of hydrogen-bond acceptors (Lipinski definition) is 4. The van der Waals surface area contributed by atoms with Crippen molar-refractivity contribution in [1.82, 2.24) is 14.7 Å². The number of alkyl halides is 2. The zero-order chi connectivity index (χ0) is 28.9. The van der Waals surface area contributed by atoms with Crippen molar-refractivity contribution in [2.45, 2.75) is 38.8 Å². The summed E-state index contributed by atoms with van der Waals surface area (Å²) in [5, 5.41) is 5.41. The highest BCUT2D eigenvalue weighted by Gasteiger charge is 2.41. The lowest BCUT2D eigenvalue weighted by Crippen LogP contribution is -2.46. The van der Waals surface area contributed by atoms with Crippen molar-refractivity contribution in [2.75, 3.05) is 13.1 Å². The van der Waals surface area contributed by atoms with Gasteiger partial charge in [0.15, 0.2) is 5.78 Å². The molecular weight excluding hydrogens is 532 g/mol. The molecule has 3 aromatic carbocycles. The number of Topliss-reactive ketones (excluding diaryl/α,β-unsaturated/α-hetero) is 1. The van der Waals surface area contributed by atoms with Crippen LogP contribution in [0.3, 0.4) is 0 Å². The zero-order valence-electron chi connectivity index (χ0n) is 22.9. The monoisotopic (exact) mass is 562 g/mol. The first-order valence-electron chi connectivity index (χ1n) is 13.7. The quantitative estimate of drug-likeness (QED) is 0.189. The molecule has 0 saturated carbocycles. The first kappa shape index (κ1) is 27.3. The number of ketones is 1. The number of hydrogen-bond donors (Lipinski definition) is 0. The Hall–Kier alpha value is -3.85. The Bertz CT molecular complexity index is 1650. The van der Waals surface area contributed by atoms with E-state index in [2.05, 4.69) is 5.10 Å². The van der Waals surface area contributed by atoms with E-state index in [1.807, 2.05) is 43.6 Å². The molecule has 41 heavy (non-hydrogen) atoms. The van der Waals surface area contributed by atoms with Crippen molar-refractivity contribution in [3.63, 3.8) is 0 Å². The summed E-state index contributed by atoms with van der Waals surface area (Å²) in [4.78, 5) is 19.9. The zero-order valence-corrected chi connectivity index (χ0v) is 22.9. The first-order chi connectivity index (χ1) is 19.5. The van der Waals surface area contributed by atoms with E-state index in [-0.39, 0.29) is 43.2 Å². The van der Waals surface area contributed by atoms with Crippen molar-refractivity contribution in [3.05, 3.63) is 100 Å². The Balaban J connectivity index is 1.22. The maximum Gasteiger partial charge on any atom is 0.249 e. The smallest absolute Gasteiger partial charge is 0.249 e. The summed E-state index contributed by atoms with van der Waals surface area (Å²) < 4.78 is 59.4. The second-order valence-corrected chi connectivity index (χ2v) is 11.4. The third-order valence-electron chi connectivity index (χ3n) is 8.23. The minimum Gasteiger partial charge on any atom is -0.298 e. The van der Waals surface area contributed by atoms with Gasteiger partial charge < -0.3 is 0 Å². The van der Waals surface area contributed by atoms with E-state index < -0.39 is 23.5 Å². The number of carbonyl (C=O) groups excluding carboxylic acids is 1. The molecule has 2 aliphatic rings. The van der Waals surface area contributed by atoms with Gasteiger partial charge in [0.2, 0.25) is 5.92 Å². The number of aromatic nitrogens is 2. The third-order valence-corrected chi connectivity index (χ3v) is 8.23. The predicted octanol–water partition coefficient (Wildman–Crippen LogP) is 6.57. The van der Waals surface area contributed by atoms with Gasteiger partial charge in [0.05, 0.1) is 17.8 Å². The van der Waals surface area contributed by atoms with Crippen LogP contribution in [0, 0.1) is 23.5 Å². The van der Waals surface area contributed by atoms with E-state index in [0.29, 0.717) is 18.7 Å². The number of nitrogens with zero attached hydrogens (tertiary/aromatic N) is 4. The lowest BCUT2D eigenvalue weighted by atomic mass is 9.82. The van der Waals surface area contributed by atoms with Crippen LogP contribution in [-0.2, 0) is 20.1 Å². The molecule has 5 nitrogen and oxygen atoms in total. The Morgan fingerprint density at radius 2 is 1.83 bits per heavy atom. The van der Waals surface area contributed by atoms with E-state index in [1.165, 1.54) is 6.07 Å². The molecule has 1 aromatic heterocycles. The van der Waals surface area contributed by atoms with Gasteiger partial charge in [-0.15, -0.1) is 0 Å². The highest BCUT2D eigenvalue weighted by atomic mass is 19.3. The van der Waals surface area contributed by atoms with Crippen molar-refractivity contribution in [2.24, 2.45) is 23.9 Å². The molecule has 1 saturated heterocycles. The number of rotatable bonds is 7. The molecule has 0 unspecified atom stereocenters. The SMILES string of the molecule is Cn1cc2cc(C3=NCc4ccc(C(=O)C[C@H]5C[C@@H](C(C)(F)F)CN(Cc6c(F)cccc6F)C5)cc43)ccc2n1. The highest BCUT2D eigenvalue weighted by molar-refractivity contribution is 6.17. The van der Waals surface area contributed by atoms with Crippen LogP contribution in [-0.4, -0.2) is 45.2 Å². The van der Waals surface area contributed by atoms with Gasteiger partial charge in [-0.2, -0.15) is 5.10 Å². The lowest BCUT2D eigenvalue weighted by Gasteiger charge is -2.40. The fourth-order valence-electron chi connectivity index (χ4n) is 6.13. The minimum atomic E-state index is -2.98. The average Bonchev–Trinajstić information content (AvgIpc) is 3.51. The summed E-state index contributed by atoms with van der Waals surface area (Å²) >= 11 is 0. The van der Waals surface area contributed by atoms with Gasteiger partial charge in [-0.25, -0.2) is 17.6 Å². The van der Waals surface area contributed by atoms with E-state index in [9.17, 15) is 22.4 Å². The molecule has 0 N–H and O–H groups in total. The lowest BCUT2D eigenvalue weighted by molar-refractivity contribution is -0.0785. The molecule has 0 spiro atoms. The molecule has 4 aromatic rings.